The number of amides is 2. The summed E-state index contributed by atoms with van der Waals surface area (Å²) in [5, 5.41) is 19.1. The largest absolute Gasteiger partial charge is 0.480 e. The molecule has 2 rings (SSSR count). The number of hydrogen-bond acceptors (Lipinski definition) is 5. The van der Waals surface area contributed by atoms with Gasteiger partial charge in [-0.05, 0) is 18.8 Å². The zero-order chi connectivity index (χ0) is 18.7. The Balaban J connectivity index is 2.00. The van der Waals surface area contributed by atoms with Crippen molar-refractivity contribution in [2.75, 3.05) is 32.7 Å². The first kappa shape index (κ1) is 19.7. The van der Waals surface area contributed by atoms with Crippen molar-refractivity contribution in [1.82, 2.24) is 14.7 Å². The number of nitrogens with zero attached hydrogens (tertiary/aromatic N) is 3. The number of carboxylic acid groups (broad SMARTS) is 1. The maximum Gasteiger partial charge on any atom is 0.326 e. The fraction of sp³-hybridized carbons (Fsp3) is 0.824. The average molecular weight is 355 g/mol. The van der Waals surface area contributed by atoms with Gasteiger partial charge >= 0.3 is 5.97 Å². The van der Waals surface area contributed by atoms with Gasteiger partial charge in [-0.25, -0.2) is 4.79 Å². The molecule has 3 atom stereocenters. The van der Waals surface area contributed by atoms with E-state index in [4.69, 9.17) is 0 Å². The van der Waals surface area contributed by atoms with Crippen molar-refractivity contribution in [3.05, 3.63) is 0 Å². The van der Waals surface area contributed by atoms with Crippen LogP contribution in [-0.4, -0.2) is 93.6 Å². The van der Waals surface area contributed by atoms with Crippen LogP contribution in [0.5, 0.6) is 0 Å². The highest BCUT2D eigenvalue weighted by Gasteiger charge is 2.39. The van der Waals surface area contributed by atoms with Crippen LogP contribution in [0.2, 0.25) is 0 Å². The normalized spacial score (nSPS) is 25.4. The summed E-state index contributed by atoms with van der Waals surface area (Å²) in [5.41, 5.74) is 0. The van der Waals surface area contributed by atoms with Gasteiger partial charge in [-0.15, -0.1) is 0 Å². The van der Waals surface area contributed by atoms with Crippen molar-refractivity contribution in [2.45, 2.75) is 51.8 Å². The Bertz CT molecular complexity index is 524. The van der Waals surface area contributed by atoms with Gasteiger partial charge in [0.1, 0.15) is 6.04 Å². The molecule has 142 valence electrons. The van der Waals surface area contributed by atoms with Gasteiger partial charge in [0.2, 0.25) is 11.8 Å². The van der Waals surface area contributed by atoms with E-state index in [1.807, 2.05) is 4.90 Å². The van der Waals surface area contributed by atoms with E-state index in [1.165, 1.54) is 11.8 Å². The summed E-state index contributed by atoms with van der Waals surface area (Å²) in [5.74, 6) is -1.53. The first-order valence-electron chi connectivity index (χ1n) is 8.90. The van der Waals surface area contributed by atoms with Gasteiger partial charge in [-0.1, -0.05) is 13.8 Å². The van der Waals surface area contributed by atoms with Crippen LogP contribution < -0.4 is 0 Å². The predicted octanol–water partition coefficient (Wildman–Crippen LogP) is -0.388. The van der Waals surface area contributed by atoms with Crippen LogP contribution >= 0.6 is 0 Å². The molecule has 8 nitrogen and oxygen atoms in total. The van der Waals surface area contributed by atoms with Crippen molar-refractivity contribution >= 4 is 17.8 Å². The van der Waals surface area contributed by atoms with Crippen LogP contribution in [0.15, 0.2) is 0 Å². The molecular formula is C17H29N3O5. The van der Waals surface area contributed by atoms with Crippen LogP contribution in [0.3, 0.4) is 0 Å². The highest BCUT2D eigenvalue weighted by Crippen LogP contribution is 2.23. The van der Waals surface area contributed by atoms with Gasteiger partial charge in [0.15, 0.2) is 0 Å². The molecule has 2 fully saturated rings. The fourth-order valence-electron chi connectivity index (χ4n) is 3.85. The summed E-state index contributed by atoms with van der Waals surface area (Å²) in [6.45, 7) is 7.32. The lowest BCUT2D eigenvalue weighted by Gasteiger charge is -2.35. The highest BCUT2D eigenvalue weighted by atomic mass is 16.4. The minimum atomic E-state index is -1.01. The SMILES string of the molecule is CC(=O)N([C@H]1CCN(C(=O)CN2CC[C@H](O)C2)C1)[C@H](C(=O)O)C(C)C. The van der Waals surface area contributed by atoms with E-state index in [2.05, 4.69) is 0 Å². The molecule has 0 aromatic carbocycles. The van der Waals surface area contributed by atoms with Crippen LogP contribution in [0.1, 0.15) is 33.6 Å². The second kappa shape index (κ2) is 8.14. The van der Waals surface area contributed by atoms with Gasteiger partial charge in [0.25, 0.3) is 0 Å². The Morgan fingerprint density at radius 1 is 1.16 bits per heavy atom. The van der Waals surface area contributed by atoms with Crippen LogP contribution in [0.4, 0.5) is 0 Å². The number of rotatable bonds is 6. The van der Waals surface area contributed by atoms with E-state index >= 15 is 0 Å². The Morgan fingerprint density at radius 2 is 1.84 bits per heavy atom. The standard InChI is InChI=1S/C17H29N3O5/c1-11(2)16(17(24)25)20(12(3)21)13-4-7-19(8-13)15(23)10-18-6-5-14(22)9-18/h11,13-14,16,22H,4-10H2,1-3H3,(H,24,25)/t13-,14-,16-/m0/s1. The predicted molar refractivity (Wildman–Crippen MR) is 90.8 cm³/mol. The van der Waals surface area contributed by atoms with Crippen molar-refractivity contribution in [1.29, 1.82) is 0 Å². The van der Waals surface area contributed by atoms with Gasteiger partial charge in [0, 0.05) is 33.1 Å². The summed E-state index contributed by atoms with van der Waals surface area (Å²) in [4.78, 5) is 41.2. The lowest BCUT2D eigenvalue weighted by Crippen LogP contribution is -2.53. The summed E-state index contributed by atoms with van der Waals surface area (Å²) in [7, 11) is 0. The topological polar surface area (TPSA) is 101 Å². The molecule has 8 heteroatoms. The molecule has 2 aliphatic rings. The number of carbonyl (C=O) groups is 3. The molecule has 0 aliphatic carbocycles. The van der Waals surface area contributed by atoms with Gasteiger partial charge < -0.3 is 20.0 Å². The van der Waals surface area contributed by atoms with E-state index in [0.717, 1.165) is 0 Å². The summed E-state index contributed by atoms with van der Waals surface area (Å²) >= 11 is 0. The number of β-amino-alcohol motifs (C(OH)–C–C–N with tert-alkyl or cyclic N) is 1. The Kier molecular flexibility index (Phi) is 6.40. The van der Waals surface area contributed by atoms with Crippen LogP contribution in [0.25, 0.3) is 0 Å². The van der Waals surface area contributed by atoms with Gasteiger partial charge in [0.05, 0.1) is 18.7 Å². The molecule has 0 unspecified atom stereocenters. The Morgan fingerprint density at radius 3 is 2.32 bits per heavy atom. The highest BCUT2D eigenvalue weighted by molar-refractivity contribution is 5.83. The lowest BCUT2D eigenvalue weighted by molar-refractivity contribution is -0.153. The first-order chi connectivity index (χ1) is 11.7. The number of aliphatic hydroxyl groups is 1. The number of likely N-dealkylation sites (tertiary alicyclic amines) is 2. The van der Waals surface area contributed by atoms with E-state index in [1.54, 1.807) is 18.7 Å². The minimum Gasteiger partial charge on any atom is -0.480 e. The molecule has 0 spiro atoms. The maximum absolute atomic E-state index is 12.5. The van der Waals surface area contributed by atoms with Crippen molar-refractivity contribution in [3.63, 3.8) is 0 Å². The molecule has 0 aromatic rings. The Labute approximate surface area is 148 Å². The third-order valence-corrected chi connectivity index (χ3v) is 5.06. The average Bonchev–Trinajstić information content (AvgIpc) is 3.12. The van der Waals surface area contributed by atoms with Crippen molar-refractivity contribution < 1.29 is 24.6 Å². The van der Waals surface area contributed by atoms with Crippen LogP contribution in [-0.2, 0) is 14.4 Å². The Hall–Kier alpha value is -1.67. The molecule has 2 amide bonds. The van der Waals surface area contributed by atoms with E-state index in [-0.39, 0.29) is 36.4 Å². The third-order valence-electron chi connectivity index (χ3n) is 5.06. The zero-order valence-corrected chi connectivity index (χ0v) is 15.2. The maximum atomic E-state index is 12.5. The molecule has 2 heterocycles. The smallest absolute Gasteiger partial charge is 0.326 e. The number of aliphatic carboxylic acids is 1. The molecule has 2 N–H and O–H groups in total. The lowest BCUT2D eigenvalue weighted by atomic mass is 10.00. The van der Waals surface area contributed by atoms with Crippen molar-refractivity contribution in [3.8, 4) is 0 Å². The molecule has 0 bridgehead atoms. The van der Waals surface area contributed by atoms with Crippen molar-refractivity contribution in [2.24, 2.45) is 5.92 Å². The molecule has 2 aliphatic heterocycles. The molecule has 25 heavy (non-hydrogen) atoms. The monoisotopic (exact) mass is 355 g/mol. The van der Waals surface area contributed by atoms with Gasteiger partial charge in [-0.2, -0.15) is 0 Å². The summed E-state index contributed by atoms with van der Waals surface area (Å²) in [6, 6.07) is -1.15. The molecule has 0 radical (unpaired) electrons. The number of aliphatic hydroxyl groups excluding tert-OH is 1. The number of hydrogen-bond donors (Lipinski definition) is 2. The summed E-state index contributed by atoms with van der Waals surface area (Å²) < 4.78 is 0. The van der Waals surface area contributed by atoms with E-state index in [0.29, 0.717) is 39.0 Å². The fourth-order valence-corrected chi connectivity index (χ4v) is 3.85. The molecular weight excluding hydrogens is 326 g/mol. The minimum absolute atomic E-state index is 0.0310. The molecule has 0 aromatic heterocycles. The second-order valence-electron chi connectivity index (χ2n) is 7.41. The number of carbonyl (C=O) groups excluding carboxylic acids is 2. The number of carboxylic acids is 1. The molecule has 0 saturated carbocycles. The van der Waals surface area contributed by atoms with Gasteiger partial charge in [-0.3, -0.25) is 14.5 Å². The summed E-state index contributed by atoms with van der Waals surface area (Å²) in [6.07, 6.45) is 0.905. The first-order valence-corrected chi connectivity index (χ1v) is 8.90. The van der Waals surface area contributed by atoms with Crippen LogP contribution in [0, 0.1) is 5.92 Å². The van der Waals surface area contributed by atoms with E-state index < -0.39 is 12.0 Å². The quantitative estimate of drug-likeness (QED) is 0.673. The zero-order valence-electron chi connectivity index (χ0n) is 15.2. The molecule has 2 saturated heterocycles. The third kappa shape index (κ3) is 4.70. The second-order valence-corrected chi connectivity index (χ2v) is 7.41. The van der Waals surface area contributed by atoms with E-state index in [9.17, 15) is 24.6 Å².